The molecule has 0 aliphatic rings. The minimum atomic E-state index is -0.418. The summed E-state index contributed by atoms with van der Waals surface area (Å²) in [6.07, 6.45) is 33.7. The molecule has 1 aromatic rings. The third-order valence-corrected chi connectivity index (χ3v) is 5.30. The molecule has 1 N–H and O–H groups in total. The third-order valence-electron chi connectivity index (χ3n) is 4.78. The van der Waals surface area contributed by atoms with Crippen LogP contribution in [0.15, 0.2) is 97.2 Å². The highest BCUT2D eigenvalue weighted by molar-refractivity contribution is 6.30. The Labute approximate surface area is 216 Å². The highest BCUT2D eigenvalue weighted by Crippen LogP contribution is 2.12. The first-order valence-corrected chi connectivity index (χ1v) is 13.0. The molecule has 2 nitrogen and oxygen atoms in total. The first-order chi connectivity index (χ1) is 16.6. The summed E-state index contributed by atoms with van der Waals surface area (Å²) < 4.78 is 0. The molecule has 0 spiro atoms. The zero-order chi connectivity index (χ0) is 24.7. The number of alkyl halides is 1. The monoisotopic (exact) mass is 499 g/mol. The van der Waals surface area contributed by atoms with Gasteiger partial charge in [0.25, 0.3) is 0 Å². The summed E-state index contributed by atoms with van der Waals surface area (Å²) in [5, 5.41) is 3.52. The van der Waals surface area contributed by atoms with Crippen molar-refractivity contribution in [1.29, 1.82) is 0 Å². The van der Waals surface area contributed by atoms with Gasteiger partial charge < -0.3 is 5.32 Å². The number of rotatable bonds is 17. The van der Waals surface area contributed by atoms with Crippen LogP contribution in [-0.2, 0) is 11.2 Å². The highest BCUT2D eigenvalue weighted by Gasteiger charge is 2.09. The van der Waals surface area contributed by atoms with E-state index in [1.54, 1.807) is 0 Å². The Balaban J connectivity index is 2.02. The van der Waals surface area contributed by atoms with Crippen molar-refractivity contribution in [2.45, 2.75) is 70.2 Å². The molecule has 1 amide bonds. The summed E-state index contributed by atoms with van der Waals surface area (Å²) >= 11 is 12.1. The zero-order valence-electron chi connectivity index (χ0n) is 20.3. The van der Waals surface area contributed by atoms with Crippen LogP contribution in [0.5, 0.6) is 0 Å². The lowest BCUT2D eigenvalue weighted by molar-refractivity contribution is -0.121. The van der Waals surface area contributed by atoms with E-state index in [1.165, 1.54) is 0 Å². The SMILES string of the molecule is CC/C=C\C/C=C\C/C=C\C/C=C\C/C=C\C/C=C\CCC(=O)NC(Cl)Cc1ccc(Cl)cc1. The average Bonchev–Trinajstić information content (AvgIpc) is 2.82. The molecule has 0 saturated carbocycles. The molecule has 0 saturated heterocycles. The molecule has 0 aliphatic carbocycles. The summed E-state index contributed by atoms with van der Waals surface area (Å²) in [6, 6.07) is 7.48. The summed E-state index contributed by atoms with van der Waals surface area (Å²) in [5.41, 5.74) is 0.626. The summed E-state index contributed by atoms with van der Waals surface area (Å²) in [6.45, 7) is 2.15. The second-order valence-corrected chi connectivity index (χ2v) is 8.78. The van der Waals surface area contributed by atoms with Crippen molar-refractivity contribution >= 4 is 29.1 Å². The molecular formula is C30H39Cl2NO. The van der Waals surface area contributed by atoms with Crippen molar-refractivity contribution < 1.29 is 4.79 Å². The van der Waals surface area contributed by atoms with E-state index in [1.807, 2.05) is 30.3 Å². The maximum absolute atomic E-state index is 12.0. The number of amides is 1. The minimum Gasteiger partial charge on any atom is -0.340 e. The van der Waals surface area contributed by atoms with Crippen molar-refractivity contribution in [1.82, 2.24) is 5.32 Å². The topological polar surface area (TPSA) is 29.1 Å². The number of hydrogen-bond donors (Lipinski definition) is 1. The first kappa shape index (κ1) is 29.7. The maximum atomic E-state index is 12.0. The van der Waals surface area contributed by atoms with Crippen LogP contribution in [0, 0.1) is 0 Å². The van der Waals surface area contributed by atoms with E-state index < -0.39 is 5.50 Å². The number of allylic oxidation sites excluding steroid dienone is 12. The lowest BCUT2D eigenvalue weighted by Gasteiger charge is -2.11. The van der Waals surface area contributed by atoms with Gasteiger partial charge in [0.2, 0.25) is 5.91 Å². The van der Waals surface area contributed by atoms with Crippen LogP contribution in [0.4, 0.5) is 0 Å². The molecule has 1 rings (SSSR count). The number of benzene rings is 1. The molecule has 1 aromatic carbocycles. The van der Waals surface area contributed by atoms with Crippen LogP contribution >= 0.6 is 23.2 Å². The van der Waals surface area contributed by atoms with Crippen LogP contribution in [0.3, 0.4) is 0 Å². The van der Waals surface area contributed by atoms with Gasteiger partial charge in [-0.15, -0.1) is 0 Å². The quantitative estimate of drug-likeness (QED) is 0.129. The van der Waals surface area contributed by atoms with Crippen LogP contribution in [0.1, 0.15) is 63.9 Å². The maximum Gasteiger partial charge on any atom is 0.221 e. The Morgan fingerprint density at radius 3 is 1.68 bits per heavy atom. The highest BCUT2D eigenvalue weighted by atomic mass is 35.5. The molecule has 1 unspecified atom stereocenters. The Hall–Kier alpha value is -2.29. The fourth-order valence-corrected chi connectivity index (χ4v) is 3.41. The van der Waals surface area contributed by atoms with E-state index in [-0.39, 0.29) is 5.91 Å². The molecular weight excluding hydrogens is 461 g/mol. The summed E-state index contributed by atoms with van der Waals surface area (Å²) in [7, 11) is 0. The van der Waals surface area contributed by atoms with E-state index in [0.717, 1.165) is 44.1 Å². The predicted octanol–water partition coefficient (Wildman–Crippen LogP) is 9.04. The molecule has 34 heavy (non-hydrogen) atoms. The molecule has 0 fully saturated rings. The third kappa shape index (κ3) is 18.2. The molecule has 0 aromatic heterocycles. The van der Waals surface area contributed by atoms with Crippen LogP contribution in [0.25, 0.3) is 0 Å². The standard InChI is InChI=1S/C30H39Cl2NO/c1-2-3-4-5-6-7-8-9-10-11-12-13-14-15-16-17-18-19-20-21-30(34)33-29(32)26-27-22-24-28(31)25-23-27/h3-4,6-7,9-10,12-13,15-16,18-19,22-25,29H,2,5,8,11,14,17,20-21,26H2,1H3,(H,33,34)/b4-3-,7-6-,10-9-,13-12-,16-15-,19-18-. The van der Waals surface area contributed by atoms with Gasteiger partial charge in [0.05, 0.1) is 0 Å². The van der Waals surface area contributed by atoms with Crippen molar-refractivity contribution in [2.75, 3.05) is 0 Å². The number of nitrogens with one attached hydrogen (secondary N) is 1. The van der Waals surface area contributed by atoms with Gasteiger partial charge in [-0.2, -0.15) is 0 Å². The Morgan fingerprint density at radius 1 is 0.765 bits per heavy atom. The van der Waals surface area contributed by atoms with Gasteiger partial charge in [0, 0.05) is 17.9 Å². The van der Waals surface area contributed by atoms with Crippen LogP contribution in [0.2, 0.25) is 5.02 Å². The first-order valence-electron chi connectivity index (χ1n) is 12.2. The van der Waals surface area contributed by atoms with Gasteiger partial charge >= 0.3 is 0 Å². The van der Waals surface area contributed by atoms with Gasteiger partial charge in [0.1, 0.15) is 5.50 Å². The molecule has 0 heterocycles. The van der Waals surface area contributed by atoms with Gasteiger partial charge in [0.15, 0.2) is 0 Å². The number of carbonyl (C=O) groups excluding carboxylic acids is 1. The van der Waals surface area contributed by atoms with E-state index in [9.17, 15) is 4.79 Å². The molecule has 0 radical (unpaired) electrons. The van der Waals surface area contributed by atoms with Crippen molar-refractivity contribution in [3.05, 3.63) is 108 Å². The van der Waals surface area contributed by atoms with Crippen LogP contribution in [-0.4, -0.2) is 11.4 Å². The molecule has 1 atom stereocenters. The van der Waals surface area contributed by atoms with Crippen molar-refractivity contribution in [3.8, 4) is 0 Å². The Bertz CT molecular complexity index is 832. The second kappa shape index (κ2) is 21.3. The zero-order valence-corrected chi connectivity index (χ0v) is 21.9. The Kier molecular flexibility index (Phi) is 18.6. The van der Waals surface area contributed by atoms with Gasteiger partial charge in [-0.3, -0.25) is 4.79 Å². The molecule has 184 valence electrons. The Morgan fingerprint density at radius 2 is 1.21 bits per heavy atom. The lowest BCUT2D eigenvalue weighted by Crippen LogP contribution is -2.32. The average molecular weight is 501 g/mol. The molecule has 4 heteroatoms. The lowest BCUT2D eigenvalue weighted by atomic mass is 10.1. The smallest absolute Gasteiger partial charge is 0.221 e. The van der Waals surface area contributed by atoms with Crippen molar-refractivity contribution in [2.24, 2.45) is 0 Å². The normalized spacial score (nSPS) is 13.5. The fourth-order valence-electron chi connectivity index (χ4n) is 2.98. The second-order valence-electron chi connectivity index (χ2n) is 7.82. The summed E-state index contributed by atoms with van der Waals surface area (Å²) in [4.78, 5) is 12.0. The molecule has 0 aliphatic heterocycles. The molecule has 0 bridgehead atoms. The fraction of sp³-hybridized carbons (Fsp3) is 0.367. The number of halogens is 2. The van der Waals surface area contributed by atoms with Gasteiger partial charge in [-0.1, -0.05) is 115 Å². The predicted molar refractivity (Wildman–Crippen MR) is 150 cm³/mol. The van der Waals surface area contributed by atoms with E-state index in [2.05, 4.69) is 79.1 Å². The minimum absolute atomic E-state index is 0.0338. The van der Waals surface area contributed by atoms with Gasteiger partial charge in [-0.05, 0) is 62.6 Å². The van der Waals surface area contributed by atoms with E-state index in [4.69, 9.17) is 23.2 Å². The number of carbonyl (C=O) groups is 1. The van der Waals surface area contributed by atoms with Gasteiger partial charge in [-0.25, -0.2) is 0 Å². The number of hydrogen-bond acceptors (Lipinski definition) is 1. The van der Waals surface area contributed by atoms with Crippen LogP contribution < -0.4 is 5.32 Å². The largest absolute Gasteiger partial charge is 0.340 e. The summed E-state index contributed by atoms with van der Waals surface area (Å²) in [5.74, 6) is -0.0338. The van der Waals surface area contributed by atoms with E-state index >= 15 is 0 Å². The van der Waals surface area contributed by atoms with E-state index in [0.29, 0.717) is 24.3 Å². The van der Waals surface area contributed by atoms with Crippen molar-refractivity contribution in [3.63, 3.8) is 0 Å².